The number of nitro groups is 1. The van der Waals surface area contributed by atoms with E-state index in [1.54, 1.807) is 0 Å². The first kappa shape index (κ1) is 15.2. The molecule has 2 aromatic carbocycles. The monoisotopic (exact) mass is 360 g/mol. The Hall–Kier alpha value is -1.72. The molecule has 1 heterocycles. The first-order valence-electron chi connectivity index (χ1n) is 7.29. The van der Waals surface area contributed by atoms with E-state index in [1.807, 2.05) is 42.5 Å². The molecule has 22 heavy (non-hydrogen) atoms. The van der Waals surface area contributed by atoms with Gasteiger partial charge in [-0.25, -0.2) is 0 Å². The standard InChI is InChI=1S/C17H17BrN2O2/c18-15-8-6-14(7-9-15)16-11-19(12-17(16)20(21)22)10-13-4-2-1-3-5-13/h1-9,16-17H,10-12H2/t16-,17+/m0/s1. The van der Waals surface area contributed by atoms with Gasteiger partial charge in [-0.3, -0.25) is 15.0 Å². The van der Waals surface area contributed by atoms with Gasteiger partial charge in [0.2, 0.25) is 6.04 Å². The molecule has 0 amide bonds. The Bertz CT molecular complexity index is 645. The Labute approximate surface area is 138 Å². The van der Waals surface area contributed by atoms with E-state index in [2.05, 4.69) is 33.0 Å². The minimum Gasteiger partial charge on any atom is -0.292 e. The van der Waals surface area contributed by atoms with Crippen molar-refractivity contribution in [1.29, 1.82) is 0 Å². The number of nitrogens with zero attached hydrogens (tertiary/aromatic N) is 2. The lowest BCUT2D eigenvalue weighted by Gasteiger charge is -2.15. The van der Waals surface area contributed by atoms with Crippen LogP contribution in [0.2, 0.25) is 0 Å². The van der Waals surface area contributed by atoms with Crippen molar-refractivity contribution in [3.63, 3.8) is 0 Å². The van der Waals surface area contributed by atoms with E-state index in [4.69, 9.17) is 0 Å². The average Bonchev–Trinajstić information content (AvgIpc) is 2.93. The fourth-order valence-corrected chi connectivity index (χ4v) is 3.35. The summed E-state index contributed by atoms with van der Waals surface area (Å²) in [6.45, 7) is 1.99. The topological polar surface area (TPSA) is 46.4 Å². The molecule has 114 valence electrons. The van der Waals surface area contributed by atoms with Crippen LogP contribution in [0, 0.1) is 10.1 Å². The normalized spacial score (nSPS) is 21.9. The zero-order chi connectivity index (χ0) is 15.5. The molecular formula is C17H17BrN2O2. The van der Waals surface area contributed by atoms with Crippen LogP contribution in [-0.2, 0) is 6.54 Å². The van der Waals surface area contributed by atoms with Crippen LogP contribution < -0.4 is 0 Å². The van der Waals surface area contributed by atoms with Gasteiger partial charge in [-0.05, 0) is 23.3 Å². The highest BCUT2D eigenvalue weighted by molar-refractivity contribution is 9.10. The fraction of sp³-hybridized carbons (Fsp3) is 0.294. The number of rotatable bonds is 4. The van der Waals surface area contributed by atoms with E-state index in [-0.39, 0.29) is 10.8 Å². The number of benzene rings is 2. The van der Waals surface area contributed by atoms with E-state index >= 15 is 0 Å². The number of likely N-dealkylation sites (tertiary alicyclic amines) is 1. The number of halogens is 1. The van der Waals surface area contributed by atoms with Crippen LogP contribution in [0.5, 0.6) is 0 Å². The first-order valence-corrected chi connectivity index (χ1v) is 8.08. The fourth-order valence-electron chi connectivity index (χ4n) is 3.09. The Kier molecular flexibility index (Phi) is 4.55. The van der Waals surface area contributed by atoms with Crippen molar-refractivity contribution in [3.05, 3.63) is 80.3 Å². The molecule has 5 heteroatoms. The highest BCUT2D eigenvalue weighted by Crippen LogP contribution is 2.31. The Balaban J connectivity index is 1.77. The molecule has 0 unspecified atom stereocenters. The lowest BCUT2D eigenvalue weighted by molar-refractivity contribution is -0.521. The van der Waals surface area contributed by atoms with Gasteiger partial charge in [0.05, 0.1) is 12.5 Å². The summed E-state index contributed by atoms with van der Waals surface area (Å²) in [6, 6.07) is 17.4. The van der Waals surface area contributed by atoms with Gasteiger partial charge in [0.25, 0.3) is 0 Å². The molecule has 2 aromatic rings. The van der Waals surface area contributed by atoms with E-state index in [0.717, 1.165) is 23.1 Å². The molecule has 0 spiro atoms. The third-order valence-electron chi connectivity index (χ3n) is 4.18. The lowest BCUT2D eigenvalue weighted by atomic mass is 9.95. The van der Waals surface area contributed by atoms with Gasteiger partial charge in [0.1, 0.15) is 0 Å². The maximum Gasteiger partial charge on any atom is 0.233 e. The molecule has 1 saturated heterocycles. The van der Waals surface area contributed by atoms with Crippen molar-refractivity contribution in [2.45, 2.75) is 18.5 Å². The zero-order valence-corrected chi connectivity index (χ0v) is 13.6. The van der Waals surface area contributed by atoms with Gasteiger partial charge >= 0.3 is 0 Å². The third-order valence-corrected chi connectivity index (χ3v) is 4.71. The maximum atomic E-state index is 11.4. The van der Waals surface area contributed by atoms with Crippen molar-refractivity contribution in [2.24, 2.45) is 0 Å². The van der Waals surface area contributed by atoms with Crippen molar-refractivity contribution >= 4 is 15.9 Å². The summed E-state index contributed by atoms with van der Waals surface area (Å²) >= 11 is 3.41. The number of hydrogen-bond donors (Lipinski definition) is 0. The van der Waals surface area contributed by atoms with Gasteiger partial charge < -0.3 is 0 Å². The van der Waals surface area contributed by atoms with E-state index < -0.39 is 6.04 Å². The van der Waals surface area contributed by atoms with Gasteiger partial charge in [0.15, 0.2) is 0 Å². The summed E-state index contributed by atoms with van der Waals surface area (Å²) in [5, 5.41) is 11.4. The predicted octanol–water partition coefficient (Wildman–Crippen LogP) is 3.69. The largest absolute Gasteiger partial charge is 0.292 e. The molecule has 1 fully saturated rings. The highest BCUT2D eigenvalue weighted by Gasteiger charge is 2.41. The van der Waals surface area contributed by atoms with Crippen LogP contribution in [0.3, 0.4) is 0 Å². The second-order valence-electron chi connectivity index (χ2n) is 5.69. The summed E-state index contributed by atoms with van der Waals surface area (Å²) in [5.41, 5.74) is 2.24. The molecule has 3 rings (SSSR count). The SMILES string of the molecule is O=[N+]([O-])[C@@H]1CN(Cc2ccccc2)C[C@H]1c1ccc(Br)cc1. The maximum absolute atomic E-state index is 11.4. The first-order chi connectivity index (χ1) is 10.6. The quantitative estimate of drug-likeness (QED) is 0.616. The smallest absolute Gasteiger partial charge is 0.233 e. The molecule has 4 nitrogen and oxygen atoms in total. The van der Waals surface area contributed by atoms with Crippen molar-refractivity contribution < 1.29 is 4.92 Å². The van der Waals surface area contributed by atoms with Crippen LogP contribution >= 0.6 is 15.9 Å². The number of hydrogen-bond acceptors (Lipinski definition) is 3. The van der Waals surface area contributed by atoms with Crippen LogP contribution in [0.15, 0.2) is 59.1 Å². The summed E-state index contributed by atoms with van der Waals surface area (Å²) in [7, 11) is 0. The molecule has 1 aliphatic heterocycles. The Morgan fingerprint density at radius 3 is 2.41 bits per heavy atom. The van der Waals surface area contributed by atoms with E-state index in [0.29, 0.717) is 6.54 Å². The van der Waals surface area contributed by atoms with E-state index in [1.165, 1.54) is 5.56 Å². The van der Waals surface area contributed by atoms with Crippen LogP contribution in [-0.4, -0.2) is 29.0 Å². The predicted molar refractivity (Wildman–Crippen MR) is 89.4 cm³/mol. The second-order valence-corrected chi connectivity index (χ2v) is 6.61. The molecule has 0 saturated carbocycles. The Morgan fingerprint density at radius 1 is 1.09 bits per heavy atom. The summed E-state index contributed by atoms with van der Waals surface area (Å²) < 4.78 is 0.994. The van der Waals surface area contributed by atoms with Gasteiger partial charge in [0, 0.05) is 22.5 Å². The molecule has 0 aromatic heterocycles. The summed E-state index contributed by atoms with van der Waals surface area (Å²) in [5.74, 6) is -0.0492. The molecular weight excluding hydrogens is 344 g/mol. The molecule has 0 aliphatic carbocycles. The molecule has 0 N–H and O–H groups in total. The molecule has 2 atom stereocenters. The van der Waals surface area contributed by atoms with Gasteiger partial charge in [-0.2, -0.15) is 0 Å². The molecule has 0 radical (unpaired) electrons. The van der Waals surface area contributed by atoms with Crippen molar-refractivity contribution in [1.82, 2.24) is 4.90 Å². The van der Waals surface area contributed by atoms with Crippen molar-refractivity contribution in [3.8, 4) is 0 Å². The highest BCUT2D eigenvalue weighted by atomic mass is 79.9. The molecule has 0 bridgehead atoms. The van der Waals surface area contributed by atoms with Crippen LogP contribution in [0.25, 0.3) is 0 Å². The second kappa shape index (κ2) is 6.58. The van der Waals surface area contributed by atoms with Gasteiger partial charge in [-0.15, -0.1) is 0 Å². The minimum absolute atomic E-state index is 0.0492. The zero-order valence-electron chi connectivity index (χ0n) is 12.1. The Morgan fingerprint density at radius 2 is 1.77 bits per heavy atom. The van der Waals surface area contributed by atoms with Gasteiger partial charge in [-0.1, -0.05) is 58.4 Å². The van der Waals surface area contributed by atoms with Crippen molar-refractivity contribution in [2.75, 3.05) is 13.1 Å². The van der Waals surface area contributed by atoms with Crippen LogP contribution in [0.1, 0.15) is 17.0 Å². The summed E-state index contributed by atoms with van der Waals surface area (Å²) in [4.78, 5) is 13.5. The van der Waals surface area contributed by atoms with E-state index in [9.17, 15) is 10.1 Å². The molecule has 1 aliphatic rings. The third kappa shape index (κ3) is 3.36. The van der Waals surface area contributed by atoms with Crippen LogP contribution in [0.4, 0.5) is 0 Å². The average molecular weight is 361 g/mol. The summed E-state index contributed by atoms with van der Waals surface area (Å²) in [6.07, 6.45) is 0. The minimum atomic E-state index is -0.537. The lowest BCUT2D eigenvalue weighted by Crippen LogP contribution is -2.28.